The Labute approximate surface area is 137 Å². The molecule has 0 aliphatic carbocycles. The Bertz CT molecular complexity index is 827. The van der Waals surface area contributed by atoms with Crippen LogP contribution in [0.15, 0.2) is 48.5 Å². The van der Waals surface area contributed by atoms with Crippen LogP contribution in [0.3, 0.4) is 0 Å². The molecular weight excluding hydrogens is 315 g/mol. The predicted molar refractivity (Wildman–Crippen MR) is 88.1 cm³/mol. The summed E-state index contributed by atoms with van der Waals surface area (Å²) < 4.78 is 25.3. The fourth-order valence-corrected chi connectivity index (χ4v) is 3.52. The van der Waals surface area contributed by atoms with E-state index in [4.69, 9.17) is 9.47 Å². The van der Waals surface area contributed by atoms with Gasteiger partial charge in [-0.1, -0.05) is 36.4 Å². The third-order valence-electron chi connectivity index (χ3n) is 3.45. The molecule has 118 valence electrons. The van der Waals surface area contributed by atoms with Crippen LogP contribution in [0.2, 0.25) is 0 Å². The van der Waals surface area contributed by atoms with Gasteiger partial charge in [-0.3, -0.25) is 0 Å². The van der Waals surface area contributed by atoms with Crippen molar-refractivity contribution in [2.45, 2.75) is 13.2 Å². The number of ether oxygens (including phenoxy) is 2. The molecule has 0 atom stereocenters. The van der Waals surface area contributed by atoms with E-state index < -0.39 is 5.97 Å². The van der Waals surface area contributed by atoms with Gasteiger partial charge in [-0.2, -0.15) is 0 Å². The highest BCUT2D eigenvalue weighted by Crippen LogP contribution is 2.34. The number of esters is 1. The lowest BCUT2D eigenvalue weighted by atomic mass is 10.1. The Morgan fingerprint density at radius 3 is 2.61 bits per heavy atom. The number of carbonyl (C=O) groups excluding carboxylic acids is 1. The van der Waals surface area contributed by atoms with E-state index in [9.17, 15) is 9.18 Å². The van der Waals surface area contributed by atoms with Crippen LogP contribution >= 0.6 is 11.3 Å². The van der Waals surface area contributed by atoms with Crippen molar-refractivity contribution in [1.29, 1.82) is 0 Å². The maximum Gasteiger partial charge on any atom is 0.349 e. The Morgan fingerprint density at radius 2 is 1.87 bits per heavy atom. The zero-order valence-corrected chi connectivity index (χ0v) is 13.4. The molecule has 0 saturated heterocycles. The lowest BCUT2D eigenvalue weighted by Gasteiger charge is -2.06. The first-order valence-corrected chi connectivity index (χ1v) is 7.92. The number of rotatable bonds is 5. The van der Waals surface area contributed by atoms with Gasteiger partial charge >= 0.3 is 5.97 Å². The summed E-state index contributed by atoms with van der Waals surface area (Å²) in [4.78, 5) is 12.8. The van der Waals surface area contributed by atoms with Crippen molar-refractivity contribution in [3.8, 4) is 0 Å². The smallest absolute Gasteiger partial charge is 0.349 e. The maximum absolute atomic E-state index is 14.1. The molecule has 0 radical (unpaired) electrons. The molecule has 23 heavy (non-hydrogen) atoms. The monoisotopic (exact) mass is 330 g/mol. The molecule has 0 bridgehead atoms. The van der Waals surface area contributed by atoms with Crippen LogP contribution < -0.4 is 0 Å². The van der Waals surface area contributed by atoms with E-state index in [0.717, 1.165) is 5.56 Å². The molecule has 0 aliphatic heterocycles. The second kappa shape index (κ2) is 6.89. The molecule has 0 N–H and O–H groups in total. The van der Waals surface area contributed by atoms with Gasteiger partial charge in [0.2, 0.25) is 0 Å². The molecule has 3 rings (SSSR count). The summed E-state index contributed by atoms with van der Waals surface area (Å²) in [6, 6.07) is 14.2. The Hall–Kier alpha value is -2.24. The normalized spacial score (nSPS) is 10.9. The minimum atomic E-state index is -0.457. The van der Waals surface area contributed by atoms with E-state index in [1.54, 1.807) is 12.1 Å². The highest BCUT2D eigenvalue weighted by Gasteiger charge is 2.21. The molecule has 3 aromatic rings. The third kappa shape index (κ3) is 3.25. The van der Waals surface area contributed by atoms with Crippen LogP contribution in [0.1, 0.15) is 20.8 Å². The number of thiophene rings is 1. The lowest BCUT2D eigenvalue weighted by Crippen LogP contribution is -2.06. The van der Waals surface area contributed by atoms with E-state index in [1.807, 2.05) is 30.3 Å². The largest absolute Gasteiger partial charge is 0.457 e. The van der Waals surface area contributed by atoms with Crippen molar-refractivity contribution in [2.75, 3.05) is 7.11 Å². The van der Waals surface area contributed by atoms with Gasteiger partial charge in [-0.15, -0.1) is 11.3 Å². The molecule has 0 amide bonds. The van der Waals surface area contributed by atoms with Gasteiger partial charge in [0.25, 0.3) is 0 Å². The second-order valence-electron chi connectivity index (χ2n) is 5.02. The van der Waals surface area contributed by atoms with Crippen LogP contribution in [0, 0.1) is 5.82 Å². The summed E-state index contributed by atoms with van der Waals surface area (Å²) in [5.41, 5.74) is 1.45. The van der Waals surface area contributed by atoms with Crippen molar-refractivity contribution in [2.24, 2.45) is 0 Å². The Balaban J connectivity index is 1.90. The summed E-state index contributed by atoms with van der Waals surface area (Å²) in [5.74, 6) is -0.811. The molecular formula is C18H15FO3S. The average molecular weight is 330 g/mol. The van der Waals surface area contributed by atoms with Crippen LogP contribution in [0.5, 0.6) is 0 Å². The summed E-state index contributed by atoms with van der Waals surface area (Å²) in [5, 5.41) is 0.436. The summed E-state index contributed by atoms with van der Waals surface area (Å²) in [6.07, 6.45) is 0. The molecule has 0 aliphatic rings. The van der Waals surface area contributed by atoms with E-state index in [-0.39, 0.29) is 19.0 Å². The molecule has 0 fully saturated rings. The van der Waals surface area contributed by atoms with Crippen molar-refractivity contribution in [3.63, 3.8) is 0 Å². The van der Waals surface area contributed by atoms with Gasteiger partial charge in [0.15, 0.2) is 0 Å². The molecule has 1 aromatic heterocycles. The molecule has 0 saturated carbocycles. The van der Waals surface area contributed by atoms with Crippen molar-refractivity contribution in [3.05, 3.63) is 70.4 Å². The number of hydrogen-bond acceptors (Lipinski definition) is 4. The van der Waals surface area contributed by atoms with Gasteiger partial charge < -0.3 is 9.47 Å². The standard InChI is InChI=1S/C18H15FO3S/c1-21-11-13-16-14(19)8-5-9-15(16)23-17(13)18(20)22-10-12-6-3-2-4-7-12/h2-9H,10-11H2,1H3. The second-order valence-corrected chi connectivity index (χ2v) is 6.07. The Morgan fingerprint density at radius 1 is 1.09 bits per heavy atom. The first-order valence-electron chi connectivity index (χ1n) is 7.10. The topological polar surface area (TPSA) is 35.5 Å². The minimum absolute atomic E-state index is 0.163. The number of halogens is 1. The van der Waals surface area contributed by atoms with Crippen molar-refractivity contribution < 1.29 is 18.7 Å². The van der Waals surface area contributed by atoms with E-state index in [0.29, 0.717) is 20.5 Å². The summed E-state index contributed by atoms with van der Waals surface area (Å²) >= 11 is 1.23. The fraction of sp³-hybridized carbons (Fsp3) is 0.167. The van der Waals surface area contributed by atoms with E-state index in [1.165, 1.54) is 24.5 Å². The van der Waals surface area contributed by atoms with Gasteiger partial charge in [0.1, 0.15) is 17.3 Å². The maximum atomic E-state index is 14.1. The molecule has 2 aromatic carbocycles. The number of methoxy groups -OCH3 is 1. The van der Waals surface area contributed by atoms with Gasteiger partial charge in [-0.05, 0) is 17.7 Å². The van der Waals surface area contributed by atoms with E-state index >= 15 is 0 Å². The predicted octanol–water partition coefficient (Wildman–Crippen LogP) is 4.54. The van der Waals surface area contributed by atoms with Crippen molar-refractivity contribution in [1.82, 2.24) is 0 Å². The Kier molecular flexibility index (Phi) is 4.69. The highest BCUT2D eigenvalue weighted by molar-refractivity contribution is 7.21. The molecule has 0 unspecified atom stereocenters. The highest BCUT2D eigenvalue weighted by atomic mass is 32.1. The first-order chi connectivity index (χ1) is 11.2. The zero-order valence-electron chi connectivity index (χ0n) is 12.5. The fourth-order valence-electron chi connectivity index (χ4n) is 2.40. The van der Waals surface area contributed by atoms with Crippen LogP contribution in [-0.2, 0) is 22.7 Å². The SMILES string of the molecule is COCc1c(C(=O)OCc2ccccc2)sc2cccc(F)c12. The lowest BCUT2D eigenvalue weighted by molar-refractivity contribution is 0.0474. The summed E-state index contributed by atoms with van der Waals surface area (Å²) in [7, 11) is 1.52. The average Bonchev–Trinajstić information content (AvgIpc) is 2.94. The van der Waals surface area contributed by atoms with Crippen LogP contribution in [0.25, 0.3) is 10.1 Å². The first kappa shape index (κ1) is 15.6. The molecule has 5 heteroatoms. The molecule has 1 heterocycles. The number of benzene rings is 2. The van der Waals surface area contributed by atoms with Gasteiger partial charge in [0, 0.05) is 22.8 Å². The quantitative estimate of drug-likeness (QED) is 0.644. The van der Waals surface area contributed by atoms with E-state index in [2.05, 4.69) is 0 Å². The number of fused-ring (bicyclic) bond motifs is 1. The minimum Gasteiger partial charge on any atom is -0.457 e. The zero-order chi connectivity index (χ0) is 16.2. The van der Waals surface area contributed by atoms with Gasteiger partial charge in [0.05, 0.1) is 6.61 Å². The number of hydrogen-bond donors (Lipinski definition) is 0. The third-order valence-corrected chi connectivity index (χ3v) is 4.63. The van der Waals surface area contributed by atoms with Crippen LogP contribution in [-0.4, -0.2) is 13.1 Å². The summed E-state index contributed by atoms with van der Waals surface area (Å²) in [6.45, 7) is 0.347. The van der Waals surface area contributed by atoms with Crippen molar-refractivity contribution >= 4 is 27.4 Å². The molecule has 0 spiro atoms. The van der Waals surface area contributed by atoms with Gasteiger partial charge in [-0.25, -0.2) is 9.18 Å². The number of carbonyl (C=O) groups is 1. The molecule has 3 nitrogen and oxygen atoms in total. The van der Waals surface area contributed by atoms with Crippen LogP contribution in [0.4, 0.5) is 4.39 Å².